The topological polar surface area (TPSA) is 78.4 Å². The molecule has 3 heterocycles. The van der Waals surface area contributed by atoms with E-state index in [2.05, 4.69) is 28.1 Å². The number of fused-ring (bicyclic) bond motifs is 1. The van der Waals surface area contributed by atoms with Gasteiger partial charge in [0.25, 0.3) is 0 Å². The Kier molecular flexibility index (Phi) is 5.07. The number of aromatic amines is 1. The van der Waals surface area contributed by atoms with Gasteiger partial charge in [-0.15, -0.1) is 0 Å². The van der Waals surface area contributed by atoms with Gasteiger partial charge in [-0.05, 0) is 55.5 Å². The van der Waals surface area contributed by atoms with Gasteiger partial charge in [0.2, 0.25) is 0 Å². The van der Waals surface area contributed by atoms with E-state index in [1.165, 1.54) is 0 Å². The second-order valence-corrected chi connectivity index (χ2v) is 10.1. The third-order valence-electron chi connectivity index (χ3n) is 6.43. The number of aromatic nitrogens is 2. The molecular formula is C28H23N3O3S. The lowest BCUT2D eigenvalue weighted by molar-refractivity contribution is -0.149. The smallest absolute Gasteiger partial charge is 0.312 e. The number of carboxylic acid groups (broad SMARTS) is 1. The maximum Gasteiger partial charge on any atom is 0.312 e. The number of H-pyrrole nitrogens is 1. The molecule has 0 saturated carbocycles. The van der Waals surface area contributed by atoms with Crippen LogP contribution in [-0.2, 0) is 4.79 Å². The molecule has 2 N–H and O–H groups in total. The van der Waals surface area contributed by atoms with Crippen molar-refractivity contribution < 1.29 is 14.6 Å². The summed E-state index contributed by atoms with van der Waals surface area (Å²) < 4.78 is 5.96. The first kappa shape index (κ1) is 21.4. The minimum Gasteiger partial charge on any atom is -0.481 e. The Morgan fingerprint density at radius 3 is 2.49 bits per heavy atom. The minimum atomic E-state index is -0.767. The van der Waals surface area contributed by atoms with Gasteiger partial charge in [0.15, 0.2) is 5.13 Å². The molecule has 1 saturated heterocycles. The minimum absolute atomic E-state index is 0.451. The Labute approximate surface area is 206 Å². The van der Waals surface area contributed by atoms with Crippen molar-refractivity contribution in [3.8, 4) is 33.2 Å². The highest BCUT2D eigenvalue weighted by atomic mass is 32.1. The van der Waals surface area contributed by atoms with Crippen LogP contribution in [0.25, 0.3) is 32.6 Å². The fraction of sp³-hybridized carbons (Fsp3) is 0.143. The van der Waals surface area contributed by atoms with Crippen molar-refractivity contribution in [2.75, 3.05) is 18.0 Å². The molecule has 1 fully saturated rings. The third-order valence-corrected chi connectivity index (χ3v) is 7.58. The van der Waals surface area contributed by atoms with Crippen LogP contribution in [0.15, 0.2) is 85.1 Å². The molecule has 0 atom stereocenters. The average Bonchev–Trinajstić information content (AvgIpc) is 3.50. The zero-order valence-corrected chi connectivity index (χ0v) is 19.9. The Bertz CT molecular complexity index is 1520. The molecular weight excluding hydrogens is 458 g/mol. The molecule has 0 aliphatic carbocycles. The highest BCUT2D eigenvalue weighted by molar-refractivity contribution is 7.19. The summed E-state index contributed by atoms with van der Waals surface area (Å²) in [5.41, 5.74) is 3.31. The van der Waals surface area contributed by atoms with Gasteiger partial charge in [0.05, 0.1) is 16.0 Å². The van der Waals surface area contributed by atoms with Crippen molar-refractivity contribution >= 4 is 33.3 Å². The predicted octanol–water partition coefficient (Wildman–Crippen LogP) is 6.66. The first-order valence-electron chi connectivity index (χ1n) is 11.4. The number of hydrogen-bond acceptors (Lipinski definition) is 5. The number of para-hydroxylation sites is 1. The molecule has 2 aromatic heterocycles. The summed E-state index contributed by atoms with van der Waals surface area (Å²) >= 11 is 1.61. The molecule has 35 heavy (non-hydrogen) atoms. The summed E-state index contributed by atoms with van der Waals surface area (Å²) in [7, 11) is 0. The summed E-state index contributed by atoms with van der Waals surface area (Å²) in [4.78, 5) is 23.0. The van der Waals surface area contributed by atoms with Crippen LogP contribution >= 0.6 is 11.3 Å². The number of nitrogens with zero attached hydrogens (tertiary/aromatic N) is 2. The molecule has 0 spiro atoms. The first-order valence-corrected chi connectivity index (χ1v) is 12.2. The number of thiazole rings is 1. The highest BCUT2D eigenvalue weighted by Gasteiger charge is 2.46. The number of anilines is 1. The van der Waals surface area contributed by atoms with Crippen LogP contribution in [0.2, 0.25) is 0 Å². The van der Waals surface area contributed by atoms with E-state index in [9.17, 15) is 9.90 Å². The summed E-state index contributed by atoms with van der Waals surface area (Å²) in [6.45, 7) is 2.69. The second-order valence-electron chi connectivity index (χ2n) is 9.08. The lowest BCUT2D eigenvalue weighted by Gasteiger charge is -2.44. The Morgan fingerprint density at radius 2 is 1.74 bits per heavy atom. The summed E-state index contributed by atoms with van der Waals surface area (Å²) in [5.74, 6) is 0.775. The van der Waals surface area contributed by atoms with E-state index in [4.69, 9.17) is 9.72 Å². The molecule has 1 aliphatic rings. The van der Waals surface area contributed by atoms with Crippen molar-refractivity contribution in [1.29, 1.82) is 0 Å². The van der Waals surface area contributed by atoms with E-state index in [-0.39, 0.29) is 0 Å². The number of aliphatic carboxylic acids is 1. The molecule has 6 nitrogen and oxygen atoms in total. The van der Waals surface area contributed by atoms with E-state index in [0.717, 1.165) is 49.2 Å². The quantitative estimate of drug-likeness (QED) is 0.283. The Morgan fingerprint density at radius 1 is 1.00 bits per heavy atom. The standard InChI is InChI=1S/C28H23N3O3S/c1-28(26(32)33)16-31(17-28)27-30-24(25(35-27)22-8-5-9-23-21(22)14-15-29-23)18-10-12-20(13-11-18)34-19-6-3-2-4-7-19/h2-15,29H,16-17H2,1H3,(H,32,33). The fourth-order valence-electron chi connectivity index (χ4n) is 4.48. The number of ether oxygens (including phenoxy) is 1. The zero-order valence-electron chi connectivity index (χ0n) is 19.1. The van der Waals surface area contributed by atoms with Crippen LogP contribution in [0.3, 0.4) is 0 Å². The van der Waals surface area contributed by atoms with Crippen LogP contribution in [-0.4, -0.2) is 34.1 Å². The molecule has 0 radical (unpaired) electrons. The fourth-order valence-corrected chi connectivity index (χ4v) is 5.60. The number of hydrogen-bond donors (Lipinski definition) is 2. The first-order chi connectivity index (χ1) is 17.0. The van der Waals surface area contributed by atoms with E-state index in [1.54, 1.807) is 18.3 Å². The molecule has 0 unspecified atom stereocenters. The number of rotatable bonds is 6. The van der Waals surface area contributed by atoms with Crippen LogP contribution < -0.4 is 9.64 Å². The van der Waals surface area contributed by atoms with Crippen LogP contribution in [0.1, 0.15) is 6.92 Å². The van der Waals surface area contributed by atoms with Gasteiger partial charge in [-0.25, -0.2) is 4.98 Å². The van der Waals surface area contributed by atoms with Gasteiger partial charge in [0.1, 0.15) is 11.5 Å². The Balaban J connectivity index is 1.39. The average molecular weight is 482 g/mol. The van der Waals surface area contributed by atoms with Crippen molar-refractivity contribution in [3.05, 3.63) is 85.1 Å². The molecule has 7 heteroatoms. The van der Waals surface area contributed by atoms with Crippen molar-refractivity contribution in [3.63, 3.8) is 0 Å². The van der Waals surface area contributed by atoms with Crippen molar-refractivity contribution in [2.45, 2.75) is 6.92 Å². The lowest BCUT2D eigenvalue weighted by atomic mass is 9.82. The van der Waals surface area contributed by atoms with E-state index >= 15 is 0 Å². The maximum atomic E-state index is 11.6. The van der Waals surface area contributed by atoms with Gasteiger partial charge >= 0.3 is 5.97 Å². The molecule has 3 aromatic carbocycles. The Hall–Kier alpha value is -4.10. The van der Waals surface area contributed by atoms with Crippen LogP contribution in [0.4, 0.5) is 5.13 Å². The lowest BCUT2D eigenvalue weighted by Crippen LogP contribution is -2.59. The van der Waals surface area contributed by atoms with Gasteiger partial charge in [-0.1, -0.05) is 41.7 Å². The van der Waals surface area contributed by atoms with Crippen LogP contribution in [0, 0.1) is 5.41 Å². The monoisotopic (exact) mass is 481 g/mol. The molecule has 174 valence electrons. The zero-order chi connectivity index (χ0) is 24.0. The number of carbonyl (C=O) groups is 1. The molecule has 6 rings (SSSR count). The maximum absolute atomic E-state index is 11.6. The van der Waals surface area contributed by atoms with Gasteiger partial charge in [0, 0.05) is 41.3 Å². The third kappa shape index (κ3) is 3.84. The largest absolute Gasteiger partial charge is 0.481 e. The van der Waals surface area contributed by atoms with E-state index in [0.29, 0.717) is 13.1 Å². The van der Waals surface area contributed by atoms with Crippen molar-refractivity contribution in [1.82, 2.24) is 9.97 Å². The van der Waals surface area contributed by atoms with Crippen LogP contribution in [0.5, 0.6) is 11.5 Å². The van der Waals surface area contributed by atoms with E-state index in [1.807, 2.05) is 66.9 Å². The molecule has 5 aromatic rings. The summed E-state index contributed by atoms with van der Waals surface area (Å²) in [6, 6.07) is 25.9. The molecule has 1 aliphatic heterocycles. The number of benzene rings is 3. The van der Waals surface area contributed by atoms with E-state index < -0.39 is 11.4 Å². The SMILES string of the molecule is CC1(C(=O)O)CN(c2nc(-c3ccc(Oc4ccccc4)cc3)c(-c3cccc4[nH]ccc34)s2)C1. The molecule has 0 bridgehead atoms. The predicted molar refractivity (Wildman–Crippen MR) is 139 cm³/mol. The molecule has 0 amide bonds. The second kappa shape index (κ2) is 8.29. The number of nitrogens with one attached hydrogen (secondary N) is 1. The number of carboxylic acids is 1. The highest BCUT2D eigenvalue weighted by Crippen LogP contribution is 2.45. The van der Waals surface area contributed by atoms with Crippen molar-refractivity contribution in [2.24, 2.45) is 5.41 Å². The van der Waals surface area contributed by atoms with Gasteiger partial charge in [-0.3, -0.25) is 4.79 Å². The summed E-state index contributed by atoms with van der Waals surface area (Å²) in [5, 5.41) is 11.5. The van der Waals surface area contributed by atoms with Gasteiger partial charge in [-0.2, -0.15) is 0 Å². The summed E-state index contributed by atoms with van der Waals surface area (Å²) in [6.07, 6.45) is 1.94. The van der Waals surface area contributed by atoms with Gasteiger partial charge < -0.3 is 19.7 Å². The normalized spacial score (nSPS) is 14.6.